The van der Waals surface area contributed by atoms with Crippen LogP contribution >= 0.6 is 0 Å². The molecule has 2 N–H and O–H groups in total. The lowest BCUT2D eigenvalue weighted by atomic mass is 9.99. The quantitative estimate of drug-likeness (QED) is 0.428. The van der Waals surface area contributed by atoms with Crippen molar-refractivity contribution in [1.29, 1.82) is 0 Å². The van der Waals surface area contributed by atoms with Gasteiger partial charge in [0.2, 0.25) is 5.91 Å². The van der Waals surface area contributed by atoms with Gasteiger partial charge in [-0.15, -0.1) is 0 Å². The van der Waals surface area contributed by atoms with Gasteiger partial charge in [0.05, 0.1) is 11.0 Å². The van der Waals surface area contributed by atoms with Crippen molar-refractivity contribution in [3.05, 3.63) is 108 Å². The Bertz CT molecular complexity index is 1400. The topological polar surface area (TPSA) is 48.0 Å². The van der Waals surface area contributed by atoms with Crippen molar-refractivity contribution in [2.45, 2.75) is 6.54 Å². The Morgan fingerprint density at radius 3 is 2.50 bits per heavy atom. The fourth-order valence-electron chi connectivity index (χ4n) is 4.16. The zero-order valence-electron chi connectivity index (χ0n) is 16.1. The van der Waals surface area contributed by atoms with Gasteiger partial charge >= 0.3 is 0 Å². The third-order valence-electron chi connectivity index (χ3n) is 5.47. The van der Waals surface area contributed by atoms with Crippen molar-refractivity contribution in [2.24, 2.45) is 5.73 Å². The number of aromatic nitrogens is 1. The van der Waals surface area contributed by atoms with E-state index in [2.05, 4.69) is 24.3 Å². The zero-order valence-corrected chi connectivity index (χ0v) is 16.1. The Morgan fingerprint density at radius 2 is 1.70 bits per heavy atom. The molecule has 0 saturated heterocycles. The molecule has 5 rings (SSSR count). The van der Waals surface area contributed by atoms with Crippen LogP contribution < -0.4 is 5.73 Å². The van der Waals surface area contributed by atoms with Crippen molar-refractivity contribution < 1.29 is 9.18 Å². The van der Waals surface area contributed by atoms with E-state index in [1.165, 1.54) is 12.1 Å². The predicted molar refractivity (Wildman–Crippen MR) is 118 cm³/mol. The summed E-state index contributed by atoms with van der Waals surface area (Å²) >= 11 is 0. The van der Waals surface area contributed by atoms with Gasteiger partial charge in [-0.3, -0.25) is 4.79 Å². The summed E-state index contributed by atoms with van der Waals surface area (Å²) < 4.78 is 16.9. The molecule has 0 aliphatic carbocycles. The molecule has 145 valence electrons. The molecule has 1 aromatic heterocycles. The Balaban J connectivity index is 1.79. The van der Waals surface area contributed by atoms with E-state index in [1.807, 2.05) is 47.0 Å². The monoisotopic (exact) mass is 393 g/mol. The van der Waals surface area contributed by atoms with Crippen molar-refractivity contribution in [2.75, 3.05) is 0 Å². The number of benzene rings is 4. The van der Waals surface area contributed by atoms with Crippen LogP contribution in [0, 0.1) is 11.9 Å². The number of fused-ring (bicyclic) bond motifs is 3. The van der Waals surface area contributed by atoms with Crippen LogP contribution in [0.25, 0.3) is 32.9 Å². The number of rotatable bonds is 4. The predicted octanol–water partition coefficient (Wildman–Crippen LogP) is 5.55. The maximum absolute atomic E-state index is 15.0. The highest BCUT2D eigenvalue weighted by Crippen LogP contribution is 2.34. The molecule has 0 bridgehead atoms. The smallest absolute Gasteiger partial charge is 0.249 e. The van der Waals surface area contributed by atoms with Gasteiger partial charge in [-0.1, -0.05) is 66.7 Å². The molecule has 1 amide bonds. The number of amides is 1. The average Bonchev–Trinajstić information content (AvgIpc) is 3.10. The second-order valence-electron chi connectivity index (χ2n) is 7.22. The number of carbonyl (C=O) groups is 1. The van der Waals surface area contributed by atoms with Gasteiger partial charge in [0.15, 0.2) is 0 Å². The van der Waals surface area contributed by atoms with E-state index >= 15 is 0 Å². The number of nitrogens with zero attached hydrogens (tertiary/aromatic N) is 1. The second kappa shape index (κ2) is 7.16. The SMILES string of the molecule is NC(=O)c1cccc2c1c1[c]ccc(F)c1n2Cc1ccccc1-c1ccccc1. The summed E-state index contributed by atoms with van der Waals surface area (Å²) in [5.74, 6) is -0.894. The molecule has 0 fully saturated rings. The molecular formula is C26H18FN2O. The largest absolute Gasteiger partial charge is 0.366 e. The second-order valence-corrected chi connectivity index (χ2v) is 7.22. The molecule has 4 aromatic carbocycles. The molecule has 0 unspecified atom stereocenters. The van der Waals surface area contributed by atoms with Crippen molar-refractivity contribution in [1.82, 2.24) is 4.57 Å². The number of primary amides is 1. The third kappa shape index (κ3) is 2.85. The highest BCUT2D eigenvalue weighted by Gasteiger charge is 2.19. The number of nitrogens with two attached hydrogens (primary N) is 1. The van der Waals surface area contributed by atoms with E-state index in [0.29, 0.717) is 28.4 Å². The van der Waals surface area contributed by atoms with Gasteiger partial charge in [-0.2, -0.15) is 0 Å². The maximum Gasteiger partial charge on any atom is 0.249 e. The highest BCUT2D eigenvalue weighted by atomic mass is 19.1. The molecule has 3 nitrogen and oxygen atoms in total. The summed E-state index contributed by atoms with van der Waals surface area (Å²) in [6.45, 7) is 0.446. The fourth-order valence-corrected chi connectivity index (χ4v) is 4.16. The van der Waals surface area contributed by atoms with Crippen LogP contribution in [0.15, 0.2) is 84.9 Å². The Hall–Kier alpha value is -3.92. The molecule has 0 atom stereocenters. The summed E-state index contributed by atoms with van der Waals surface area (Å²) in [5.41, 5.74) is 10.4. The van der Waals surface area contributed by atoms with Crippen LogP contribution in [0.3, 0.4) is 0 Å². The van der Waals surface area contributed by atoms with Gasteiger partial charge in [0.25, 0.3) is 0 Å². The van der Waals surface area contributed by atoms with Crippen LogP contribution in [0.1, 0.15) is 15.9 Å². The van der Waals surface area contributed by atoms with E-state index in [4.69, 9.17) is 5.73 Å². The fraction of sp³-hybridized carbons (Fsp3) is 0.0385. The van der Waals surface area contributed by atoms with Gasteiger partial charge in [0.1, 0.15) is 5.82 Å². The van der Waals surface area contributed by atoms with Gasteiger partial charge in [0, 0.05) is 22.9 Å². The lowest BCUT2D eigenvalue weighted by Gasteiger charge is -2.13. The molecule has 1 radical (unpaired) electrons. The van der Waals surface area contributed by atoms with E-state index in [0.717, 1.165) is 22.2 Å². The number of halogens is 1. The first kappa shape index (κ1) is 18.1. The lowest BCUT2D eigenvalue weighted by Crippen LogP contribution is -2.11. The number of carbonyl (C=O) groups excluding carboxylic acids is 1. The molecule has 0 aliphatic rings. The summed E-state index contributed by atoms with van der Waals surface area (Å²) in [7, 11) is 0. The van der Waals surface area contributed by atoms with Crippen molar-refractivity contribution >= 4 is 27.7 Å². The van der Waals surface area contributed by atoms with E-state index < -0.39 is 5.91 Å². The van der Waals surface area contributed by atoms with Gasteiger partial charge in [-0.25, -0.2) is 4.39 Å². The van der Waals surface area contributed by atoms with Crippen molar-refractivity contribution in [3.63, 3.8) is 0 Å². The minimum absolute atomic E-state index is 0.354. The molecule has 30 heavy (non-hydrogen) atoms. The van der Waals surface area contributed by atoms with E-state index in [9.17, 15) is 9.18 Å². The molecule has 1 heterocycles. The average molecular weight is 393 g/mol. The first-order valence-electron chi connectivity index (χ1n) is 9.69. The first-order valence-corrected chi connectivity index (χ1v) is 9.69. The Labute approximate surface area is 173 Å². The molecule has 0 saturated carbocycles. The minimum atomic E-state index is -0.540. The Morgan fingerprint density at radius 1 is 0.933 bits per heavy atom. The van der Waals surface area contributed by atoms with Crippen LogP contribution in [0.2, 0.25) is 0 Å². The lowest BCUT2D eigenvalue weighted by molar-refractivity contribution is 0.100. The minimum Gasteiger partial charge on any atom is -0.366 e. The molecular weight excluding hydrogens is 375 g/mol. The van der Waals surface area contributed by atoms with E-state index in [1.54, 1.807) is 12.1 Å². The normalized spacial score (nSPS) is 11.2. The molecule has 4 heteroatoms. The van der Waals surface area contributed by atoms with Crippen LogP contribution in [0.4, 0.5) is 4.39 Å². The molecule has 5 aromatic rings. The zero-order chi connectivity index (χ0) is 20.7. The number of hydrogen-bond donors (Lipinski definition) is 1. The van der Waals surface area contributed by atoms with Crippen LogP contribution in [0.5, 0.6) is 0 Å². The summed E-state index contributed by atoms with van der Waals surface area (Å²) in [6, 6.07) is 29.6. The standard InChI is InChI=1S/C26H18FN2O/c27-22-14-6-12-20-24-21(26(28)30)13-7-15-23(24)29(25(20)22)16-18-10-4-5-11-19(18)17-8-2-1-3-9-17/h1-11,13-15H,16H2,(H2,28,30). The van der Waals surface area contributed by atoms with Crippen LogP contribution in [-0.2, 0) is 6.54 Å². The molecule has 0 aliphatic heterocycles. The van der Waals surface area contributed by atoms with E-state index in [-0.39, 0.29) is 5.82 Å². The maximum atomic E-state index is 15.0. The third-order valence-corrected chi connectivity index (χ3v) is 5.47. The van der Waals surface area contributed by atoms with Crippen molar-refractivity contribution in [3.8, 4) is 11.1 Å². The summed E-state index contributed by atoms with van der Waals surface area (Å²) in [6.07, 6.45) is 0. The summed E-state index contributed by atoms with van der Waals surface area (Å²) in [4.78, 5) is 12.1. The molecule has 0 spiro atoms. The highest BCUT2D eigenvalue weighted by molar-refractivity contribution is 6.17. The van der Waals surface area contributed by atoms with Gasteiger partial charge < -0.3 is 10.3 Å². The van der Waals surface area contributed by atoms with Gasteiger partial charge in [-0.05, 0) is 41.0 Å². The Kier molecular flexibility index (Phi) is 4.32. The number of hydrogen-bond acceptors (Lipinski definition) is 1. The van der Waals surface area contributed by atoms with Crippen LogP contribution in [-0.4, -0.2) is 10.5 Å². The first-order chi connectivity index (χ1) is 14.6. The summed E-state index contributed by atoms with van der Waals surface area (Å²) in [5, 5.41) is 1.20.